The lowest BCUT2D eigenvalue weighted by atomic mass is 9.82. The highest BCUT2D eigenvalue weighted by Crippen LogP contribution is 2.50. The number of rotatable bonds is 4. The zero-order valence-electron chi connectivity index (χ0n) is 21.0. The molecule has 0 spiro atoms. The molecule has 0 aliphatic heterocycles. The highest BCUT2D eigenvalue weighted by molar-refractivity contribution is 9.10. The topological polar surface area (TPSA) is 3.24 Å². The van der Waals surface area contributed by atoms with E-state index in [0.717, 1.165) is 26.0 Å². The van der Waals surface area contributed by atoms with Crippen molar-refractivity contribution in [1.29, 1.82) is 0 Å². The number of halogens is 2. The van der Waals surface area contributed by atoms with Crippen LogP contribution in [-0.2, 0) is 10.8 Å². The van der Waals surface area contributed by atoms with Crippen molar-refractivity contribution in [3.8, 4) is 11.1 Å². The minimum atomic E-state index is 0.197. The van der Waals surface area contributed by atoms with Crippen LogP contribution in [0.15, 0.2) is 93.9 Å². The molecule has 0 fully saturated rings. The summed E-state index contributed by atoms with van der Waals surface area (Å²) in [6.45, 7) is 11.7. The summed E-state index contributed by atoms with van der Waals surface area (Å²) in [6.07, 6.45) is 1.19. The van der Waals surface area contributed by atoms with Gasteiger partial charge in [-0.25, -0.2) is 0 Å². The number of hydrogen-bond acceptors (Lipinski definition) is 1. The fourth-order valence-corrected chi connectivity index (χ4v) is 6.42. The summed E-state index contributed by atoms with van der Waals surface area (Å²) in [4.78, 5) is 2.31. The van der Waals surface area contributed by atoms with Gasteiger partial charge in [-0.15, -0.1) is 0 Å². The average Bonchev–Trinajstić information content (AvgIpc) is 3.00. The molecule has 1 aliphatic carbocycles. The quantitative estimate of drug-likeness (QED) is 0.229. The van der Waals surface area contributed by atoms with Gasteiger partial charge in [0.25, 0.3) is 0 Å². The molecule has 5 rings (SSSR count). The van der Waals surface area contributed by atoms with Crippen molar-refractivity contribution in [3.63, 3.8) is 0 Å². The Morgan fingerprint density at radius 1 is 0.600 bits per heavy atom. The van der Waals surface area contributed by atoms with Crippen molar-refractivity contribution in [1.82, 2.24) is 0 Å². The first kappa shape index (κ1) is 24.3. The second kappa shape index (κ2) is 8.94. The van der Waals surface area contributed by atoms with Gasteiger partial charge in [-0.05, 0) is 113 Å². The summed E-state index contributed by atoms with van der Waals surface area (Å²) in [7, 11) is 0. The monoisotopic (exact) mass is 587 g/mol. The Labute approximate surface area is 226 Å². The molecule has 4 aromatic rings. The number of nitrogens with zero attached hydrogens (tertiary/aromatic N) is 1. The third-order valence-corrected chi connectivity index (χ3v) is 8.37. The lowest BCUT2D eigenvalue weighted by Gasteiger charge is -2.26. The van der Waals surface area contributed by atoms with Crippen LogP contribution in [-0.4, -0.2) is 0 Å². The van der Waals surface area contributed by atoms with Crippen molar-refractivity contribution >= 4 is 48.9 Å². The molecule has 3 heteroatoms. The lowest BCUT2D eigenvalue weighted by molar-refractivity contribution is 0.403. The molecular formula is C32H31Br2N. The Hall–Kier alpha value is -2.36. The van der Waals surface area contributed by atoms with E-state index in [1.807, 2.05) is 0 Å². The summed E-state index contributed by atoms with van der Waals surface area (Å²) >= 11 is 7.15. The fraction of sp³-hybridized carbons (Fsp3) is 0.250. The largest absolute Gasteiger partial charge is 0.310 e. The molecule has 0 unspecified atom stereocenters. The van der Waals surface area contributed by atoms with Crippen molar-refractivity contribution in [2.24, 2.45) is 0 Å². The summed E-state index contributed by atoms with van der Waals surface area (Å²) < 4.78 is 2.15. The predicted octanol–water partition coefficient (Wildman–Crippen LogP) is 10.6. The normalized spacial score (nSPS) is 15.6. The van der Waals surface area contributed by atoms with Gasteiger partial charge in [0.05, 0.1) is 0 Å². The molecule has 0 amide bonds. The van der Waals surface area contributed by atoms with E-state index in [9.17, 15) is 0 Å². The standard InChI is InChI=1S/C32H31Br2N/c1-21-18-27(35(25-11-7-23(33)8-12-25)26-13-9-24(34)10-14-26)15-16-28(21)22-6-17-29-30(19-22)32(4,5)20-31(29,2)3/h6-19H,20H2,1-5H3. The minimum absolute atomic E-state index is 0.197. The number of anilines is 3. The molecule has 0 radical (unpaired) electrons. The van der Waals surface area contributed by atoms with E-state index in [1.165, 1.54) is 34.2 Å². The Kier molecular flexibility index (Phi) is 6.22. The Morgan fingerprint density at radius 3 is 1.66 bits per heavy atom. The Morgan fingerprint density at radius 2 is 1.11 bits per heavy atom. The maximum absolute atomic E-state index is 3.57. The van der Waals surface area contributed by atoms with E-state index in [2.05, 4.69) is 156 Å². The van der Waals surface area contributed by atoms with Crippen LogP contribution in [0.1, 0.15) is 50.8 Å². The zero-order valence-corrected chi connectivity index (χ0v) is 24.2. The first-order chi connectivity index (χ1) is 16.5. The first-order valence-electron chi connectivity index (χ1n) is 12.1. The number of hydrogen-bond donors (Lipinski definition) is 0. The van der Waals surface area contributed by atoms with Crippen molar-refractivity contribution < 1.29 is 0 Å². The summed E-state index contributed by atoms with van der Waals surface area (Å²) in [5, 5.41) is 0. The maximum Gasteiger partial charge on any atom is 0.0464 e. The second-order valence-electron chi connectivity index (χ2n) is 11.0. The molecule has 0 N–H and O–H groups in total. The Balaban J connectivity index is 1.58. The molecule has 1 aliphatic rings. The van der Waals surface area contributed by atoms with E-state index in [4.69, 9.17) is 0 Å². The lowest BCUT2D eigenvalue weighted by Crippen LogP contribution is -2.17. The van der Waals surface area contributed by atoms with Crippen LogP contribution in [0.3, 0.4) is 0 Å². The van der Waals surface area contributed by atoms with Gasteiger partial charge in [0.1, 0.15) is 0 Å². The minimum Gasteiger partial charge on any atom is -0.310 e. The molecule has 178 valence electrons. The summed E-state index contributed by atoms with van der Waals surface area (Å²) in [5.41, 5.74) is 10.7. The molecule has 4 aromatic carbocycles. The first-order valence-corrected chi connectivity index (χ1v) is 13.7. The maximum atomic E-state index is 3.57. The van der Waals surface area contributed by atoms with Crippen molar-refractivity contribution in [2.45, 2.75) is 51.9 Å². The second-order valence-corrected chi connectivity index (χ2v) is 12.8. The van der Waals surface area contributed by atoms with Gasteiger partial charge < -0.3 is 4.90 Å². The highest BCUT2D eigenvalue weighted by atomic mass is 79.9. The smallest absolute Gasteiger partial charge is 0.0464 e. The predicted molar refractivity (Wildman–Crippen MR) is 157 cm³/mol. The van der Waals surface area contributed by atoms with Crippen LogP contribution in [0, 0.1) is 6.92 Å². The van der Waals surface area contributed by atoms with Crippen LogP contribution in [0.5, 0.6) is 0 Å². The van der Waals surface area contributed by atoms with Crippen LogP contribution in [0.2, 0.25) is 0 Å². The molecular weight excluding hydrogens is 558 g/mol. The van der Waals surface area contributed by atoms with Crippen molar-refractivity contribution in [2.75, 3.05) is 4.90 Å². The third kappa shape index (κ3) is 4.61. The molecule has 1 nitrogen and oxygen atoms in total. The van der Waals surface area contributed by atoms with Gasteiger partial charge in [-0.3, -0.25) is 0 Å². The van der Waals surface area contributed by atoms with E-state index < -0.39 is 0 Å². The SMILES string of the molecule is Cc1cc(N(c2ccc(Br)cc2)c2ccc(Br)cc2)ccc1-c1ccc2c(c1)C(C)(C)CC2(C)C. The fourth-order valence-electron chi connectivity index (χ4n) is 5.90. The van der Waals surface area contributed by atoms with E-state index in [0.29, 0.717) is 0 Å². The summed E-state index contributed by atoms with van der Waals surface area (Å²) in [6, 6.07) is 30.9. The molecule has 0 atom stereocenters. The highest BCUT2D eigenvalue weighted by Gasteiger charge is 2.41. The number of fused-ring (bicyclic) bond motifs is 1. The van der Waals surface area contributed by atoms with Crippen LogP contribution in [0.4, 0.5) is 17.1 Å². The van der Waals surface area contributed by atoms with Gasteiger partial charge >= 0.3 is 0 Å². The van der Waals surface area contributed by atoms with Crippen LogP contribution in [0.25, 0.3) is 11.1 Å². The van der Waals surface area contributed by atoms with Gasteiger partial charge in [0, 0.05) is 26.0 Å². The number of aryl methyl sites for hydroxylation is 1. The van der Waals surface area contributed by atoms with Crippen molar-refractivity contribution in [3.05, 3.63) is 111 Å². The average molecular weight is 589 g/mol. The van der Waals surface area contributed by atoms with Gasteiger partial charge in [0.15, 0.2) is 0 Å². The van der Waals surface area contributed by atoms with E-state index in [1.54, 1.807) is 0 Å². The molecule has 0 bridgehead atoms. The third-order valence-electron chi connectivity index (χ3n) is 7.31. The molecule has 35 heavy (non-hydrogen) atoms. The molecule has 0 aromatic heterocycles. The molecule has 0 saturated carbocycles. The van der Waals surface area contributed by atoms with E-state index >= 15 is 0 Å². The van der Waals surface area contributed by atoms with Gasteiger partial charge in [-0.1, -0.05) is 83.8 Å². The molecule has 0 saturated heterocycles. The Bertz CT molecular complexity index is 1340. The van der Waals surface area contributed by atoms with Crippen LogP contribution < -0.4 is 4.90 Å². The number of benzene rings is 4. The van der Waals surface area contributed by atoms with E-state index in [-0.39, 0.29) is 10.8 Å². The molecule has 0 heterocycles. The van der Waals surface area contributed by atoms with Gasteiger partial charge in [-0.2, -0.15) is 0 Å². The van der Waals surface area contributed by atoms with Crippen LogP contribution >= 0.6 is 31.9 Å². The summed E-state index contributed by atoms with van der Waals surface area (Å²) in [5.74, 6) is 0. The van der Waals surface area contributed by atoms with Gasteiger partial charge in [0.2, 0.25) is 0 Å². The zero-order chi connectivity index (χ0) is 25.0.